The highest BCUT2D eigenvalue weighted by Gasteiger charge is 2.30. The van der Waals surface area contributed by atoms with Gasteiger partial charge in [0.25, 0.3) is 5.91 Å². The number of benzene rings is 1. The maximum absolute atomic E-state index is 13.4. The van der Waals surface area contributed by atoms with Gasteiger partial charge in [-0.05, 0) is 30.5 Å². The van der Waals surface area contributed by atoms with E-state index in [1.807, 2.05) is 0 Å². The van der Waals surface area contributed by atoms with E-state index in [4.69, 9.17) is 11.6 Å². The minimum absolute atomic E-state index is 0.00118. The second kappa shape index (κ2) is 6.32. The van der Waals surface area contributed by atoms with Gasteiger partial charge in [0.1, 0.15) is 10.7 Å². The molecule has 1 aromatic carbocycles. The third kappa shape index (κ3) is 3.29. The van der Waals surface area contributed by atoms with Gasteiger partial charge in [-0.3, -0.25) is 4.79 Å². The predicted molar refractivity (Wildman–Crippen MR) is 82.8 cm³/mol. The molecule has 2 aromatic rings. The lowest BCUT2D eigenvalue weighted by Gasteiger charge is -2.12. The Kier molecular flexibility index (Phi) is 4.42. The lowest BCUT2D eigenvalue weighted by atomic mass is 10.1. The number of halogens is 2. The number of amides is 1. The van der Waals surface area contributed by atoms with Crippen LogP contribution < -0.4 is 5.32 Å². The number of nitrogens with zero attached hydrogens (tertiary/aromatic N) is 1. The molecule has 1 heterocycles. The Balaban J connectivity index is 1.62. The number of hydrogen-bond donors (Lipinski definition) is 2. The number of aliphatic hydroxyl groups is 1. The lowest BCUT2D eigenvalue weighted by molar-refractivity contribution is 0.0919. The van der Waals surface area contributed by atoms with E-state index in [0.717, 1.165) is 18.5 Å². The zero-order chi connectivity index (χ0) is 15.7. The fourth-order valence-electron chi connectivity index (χ4n) is 2.18. The first kappa shape index (κ1) is 15.4. The van der Waals surface area contributed by atoms with Crippen molar-refractivity contribution in [3.05, 3.63) is 50.7 Å². The monoisotopic (exact) mass is 340 g/mol. The molecule has 1 saturated carbocycles. The van der Waals surface area contributed by atoms with Gasteiger partial charge in [0.05, 0.1) is 22.3 Å². The molecular formula is C15H14ClFN2O2S. The number of aliphatic hydroxyl groups excluding tert-OH is 1. The lowest BCUT2D eigenvalue weighted by Crippen LogP contribution is -2.28. The molecule has 22 heavy (non-hydrogen) atoms. The summed E-state index contributed by atoms with van der Waals surface area (Å²) < 4.78 is 13.4. The Labute approximate surface area is 136 Å². The number of rotatable bonds is 5. The molecule has 0 spiro atoms. The third-order valence-electron chi connectivity index (χ3n) is 3.55. The van der Waals surface area contributed by atoms with Gasteiger partial charge in [0.2, 0.25) is 0 Å². The van der Waals surface area contributed by atoms with Crippen LogP contribution in [0.4, 0.5) is 4.39 Å². The van der Waals surface area contributed by atoms with E-state index in [0.29, 0.717) is 16.4 Å². The number of nitrogens with one attached hydrogen (secondary N) is 1. The SMILES string of the molecule is O=C(NCC(O)c1ccc(Cl)c(F)c1)c1scnc1C1CC1. The Bertz CT molecular complexity index is 703. The van der Waals surface area contributed by atoms with Crippen molar-refractivity contribution in [1.82, 2.24) is 10.3 Å². The van der Waals surface area contributed by atoms with E-state index in [1.165, 1.54) is 29.5 Å². The molecule has 1 unspecified atom stereocenters. The molecule has 2 N–H and O–H groups in total. The summed E-state index contributed by atoms with van der Waals surface area (Å²) in [6, 6.07) is 4.08. The molecule has 1 fully saturated rings. The molecule has 0 radical (unpaired) electrons. The Morgan fingerprint density at radius 1 is 1.55 bits per heavy atom. The van der Waals surface area contributed by atoms with Crippen LogP contribution in [0.5, 0.6) is 0 Å². The molecule has 0 aliphatic heterocycles. The number of hydrogen-bond acceptors (Lipinski definition) is 4. The van der Waals surface area contributed by atoms with Crippen molar-refractivity contribution in [1.29, 1.82) is 0 Å². The van der Waals surface area contributed by atoms with Crippen LogP contribution in [-0.2, 0) is 0 Å². The van der Waals surface area contributed by atoms with Gasteiger partial charge >= 0.3 is 0 Å². The summed E-state index contributed by atoms with van der Waals surface area (Å²) in [5, 5.41) is 12.7. The highest BCUT2D eigenvalue weighted by Crippen LogP contribution is 2.41. The summed E-state index contributed by atoms with van der Waals surface area (Å²) in [5.74, 6) is -0.455. The largest absolute Gasteiger partial charge is 0.387 e. The van der Waals surface area contributed by atoms with Gasteiger partial charge in [-0.25, -0.2) is 9.37 Å². The van der Waals surface area contributed by atoms with Crippen molar-refractivity contribution >= 4 is 28.8 Å². The molecule has 4 nitrogen and oxygen atoms in total. The molecule has 0 bridgehead atoms. The van der Waals surface area contributed by atoms with Crippen LogP contribution >= 0.6 is 22.9 Å². The van der Waals surface area contributed by atoms with Gasteiger partial charge in [0.15, 0.2) is 0 Å². The molecule has 1 aromatic heterocycles. The van der Waals surface area contributed by atoms with Crippen molar-refractivity contribution in [3.8, 4) is 0 Å². The highest BCUT2D eigenvalue weighted by molar-refractivity contribution is 7.11. The van der Waals surface area contributed by atoms with E-state index in [-0.39, 0.29) is 17.5 Å². The van der Waals surface area contributed by atoms with E-state index >= 15 is 0 Å². The highest BCUT2D eigenvalue weighted by atomic mass is 35.5. The van der Waals surface area contributed by atoms with Crippen molar-refractivity contribution < 1.29 is 14.3 Å². The first-order valence-corrected chi connectivity index (χ1v) is 8.16. The summed E-state index contributed by atoms with van der Waals surface area (Å²) in [7, 11) is 0. The third-order valence-corrected chi connectivity index (χ3v) is 4.70. The van der Waals surface area contributed by atoms with Gasteiger partial charge in [-0.1, -0.05) is 17.7 Å². The number of thiazole rings is 1. The molecule has 1 atom stereocenters. The van der Waals surface area contributed by atoms with E-state index in [9.17, 15) is 14.3 Å². The van der Waals surface area contributed by atoms with Crippen LogP contribution in [0.25, 0.3) is 0 Å². The topological polar surface area (TPSA) is 62.2 Å². The van der Waals surface area contributed by atoms with Crippen LogP contribution in [0.15, 0.2) is 23.7 Å². The van der Waals surface area contributed by atoms with Crippen molar-refractivity contribution in [3.63, 3.8) is 0 Å². The van der Waals surface area contributed by atoms with Crippen LogP contribution in [0.1, 0.15) is 45.8 Å². The number of carbonyl (C=O) groups excluding carboxylic acids is 1. The van der Waals surface area contributed by atoms with Crippen LogP contribution in [0.3, 0.4) is 0 Å². The quantitative estimate of drug-likeness (QED) is 0.878. The second-order valence-corrected chi connectivity index (χ2v) is 6.50. The summed E-state index contributed by atoms with van der Waals surface area (Å²) in [6.45, 7) is 0.00190. The molecule has 1 amide bonds. The normalized spacial score (nSPS) is 15.6. The van der Waals surface area contributed by atoms with Gasteiger partial charge in [-0.2, -0.15) is 0 Å². The van der Waals surface area contributed by atoms with E-state index in [1.54, 1.807) is 5.51 Å². The summed E-state index contributed by atoms with van der Waals surface area (Å²) in [5.41, 5.74) is 2.87. The molecule has 1 aliphatic carbocycles. The maximum atomic E-state index is 13.4. The molecule has 7 heteroatoms. The number of carbonyl (C=O) groups is 1. The van der Waals surface area contributed by atoms with E-state index in [2.05, 4.69) is 10.3 Å². The van der Waals surface area contributed by atoms with Crippen LogP contribution in [-0.4, -0.2) is 22.5 Å². The molecular weight excluding hydrogens is 327 g/mol. The molecule has 1 aliphatic rings. The Morgan fingerprint density at radius 2 is 2.32 bits per heavy atom. The van der Waals surface area contributed by atoms with Crippen LogP contribution in [0, 0.1) is 5.82 Å². The Hall–Kier alpha value is -1.50. The predicted octanol–water partition coefficient (Wildman–Crippen LogP) is 3.28. The van der Waals surface area contributed by atoms with Crippen molar-refractivity contribution in [2.75, 3.05) is 6.54 Å². The summed E-state index contributed by atoms with van der Waals surface area (Å²) in [4.78, 5) is 17.0. The van der Waals surface area contributed by atoms with Gasteiger partial charge in [-0.15, -0.1) is 11.3 Å². The van der Waals surface area contributed by atoms with Gasteiger partial charge in [0, 0.05) is 12.5 Å². The summed E-state index contributed by atoms with van der Waals surface area (Å²) in [6.07, 6.45) is 1.14. The van der Waals surface area contributed by atoms with Crippen molar-refractivity contribution in [2.45, 2.75) is 24.9 Å². The van der Waals surface area contributed by atoms with Crippen LogP contribution in [0.2, 0.25) is 5.02 Å². The first-order chi connectivity index (χ1) is 10.6. The van der Waals surface area contributed by atoms with E-state index < -0.39 is 11.9 Å². The minimum Gasteiger partial charge on any atom is -0.387 e. The average Bonchev–Trinajstić information content (AvgIpc) is 3.24. The zero-order valence-electron chi connectivity index (χ0n) is 11.6. The fourth-order valence-corrected chi connectivity index (χ4v) is 3.09. The molecule has 0 saturated heterocycles. The van der Waals surface area contributed by atoms with Gasteiger partial charge < -0.3 is 10.4 Å². The fraction of sp³-hybridized carbons (Fsp3) is 0.333. The molecule has 116 valence electrons. The standard InChI is InChI=1S/C15H14ClFN2O2S/c16-10-4-3-9(5-11(10)17)12(20)6-18-15(21)14-13(8-1-2-8)19-7-22-14/h3-5,7-8,12,20H,1-2,6H2,(H,18,21). The summed E-state index contributed by atoms with van der Waals surface area (Å²) >= 11 is 6.90. The maximum Gasteiger partial charge on any atom is 0.263 e. The smallest absolute Gasteiger partial charge is 0.263 e. The number of aromatic nitrogens is 1. The first-order valence-electron chi connectivity index (χ1n) is 6.91. The van der Waals surface area contributed by atoms with Crippen molar-refractivity contribution in [2.24, 2.45) is 0 Å². The Morgan fingerprint density at radius 3 is 3.00 bits per heavy atom. The zero-order valence-corrected chi connectivity index (χ0v) is 13.1. The molecule has 3 rings (SSSR count). The minimum atomic E-state index is -0.993. The second-order valence-electron chi connectivity index (χ2n) is 5.24. The average molecular weight is 341 g/mol.